The van der Waals surface area contributed by atoms with Crippen molar-refractivity contribution in [3.8, 4) is 0 Å². The van der Waals surface area contributed by atoms with Crippen molar-refractivity contribution in [3.05, 3.63) is 29.8 Å². The average molecular weight is 399 g/mol. The summed E-state index contributed by atoms with van der Waals surface area (Å²) in [6.07, 6.45) is 4.29. The maximum atomic E-state index is 13.3. The van der Waals surface area contributed by atoms with Gasteiger partial charge in [-0.2, -0.15) is 11.8 Å². The third kappa shape index (κ3) is 4.48. The summed E-state index contributed by atoms with van der Waals surface area (Å²) in [4.78, 5) is 4.17. The van der Waals surface area contributed by atoms with Crippen LogP contribution in [-0.4, -0.2) is 23.5 Å². The molecular weight excluding hydrogens is 383 g/mol. The van der Waals surface area contributed by atoms with E-state index in [2.05, 4.69) is 10.3 Å². The minimum Gasteiger partial charge on any atom is -0.370 e. The van der Waals surface area contributed by atoms with Crippen LogP contribution in [0.4, 0.5) is 14.5 Å². The van der Waals surface area contributed by atoms with Crippen molar-refractivity contribution < 1.29 is 8.78 Å². The van der Waals surface area contributed by atoms with Crippen LogP contribution in [0.25, 0.3) is 0 Å². The van der Waals surface area contributed by atoms with E-state index in [4.69, 9.17) is 5.73 Å². The molecule has 0 radical (unpaired) electrons. The van der Waals surface area contributed by atoms with Crippen LogP contribution in [0.1, 0.15) is 12.8 Å². The van der Waals surface area contributed by atoms with Gasteiger partial charge in [0, 0.05) is 10.8 Å². The first-order chi connectivity index (χ1) is 8.54. The summed E-state index contributed by atoms with van der Waals surface area (Å²) >= 11 is 1.77. The Bertz CT molecular complexity index is 478. The fraction of sp³-hybridized carbons (Fsp3) is 0.417. The smallest absolute Gasteiger partial charge is 0.193 e. The molecule has 1 aromatic carbocycles. The van der Waals surface area contributed by atoms with Gasteiger partial charge < -0.3 is 11.1 Å². The maximum absolute atomic E-state index is 13.3. The first-order valence-electron chi connectivity index (χ1n) is 5.62. The monoisotopic (exact) mass is 399 g/mol. The summed E-state index contributed by atoms with van der Waals surface area (Å²) in [5.41, 5.74) is 5.66. The largest absolute Gasteiger partial charge is 0.370 e. The quantitative estimate of drug-likeness (QED) is 0.465. The molecule has 7 heteroatoms. The summed E-state index contributed by atoms with van der Waals surface area (Å²) in [5.74, 6) is -0.963. The first kappa shape index (κ1) is 16.5. The molecule has 1 fully saturated rings. The van der Waals surface area contributed by atoms with Gasteiger partial charge in [-0.3, -0.25) is 4.99 Å². The highest BCUT2D eigenvalue weighted by atomic mass is 127. The molecule has 1 aliphatic carbocycles. The van der Waals surface area contributed by atoms with E-state index in [1.165, 1.54) is 0 Å². The zero-order chi connectivity index (χ0) is 13.2. The van der Waals surface area contributed by atoms with Gasteiger partial charge in [-0.1, -0.05) is 0 Å². The predicted molar refractivity (Wildman–Crippen MR) is 87.4 cm³/mol. The molecule has 3 nitrogen and oxygen atoms in total. The maximum Gasteiger partial charge on any atom is 0.193 e. The van der Waals surface area contributed by atoms with Crippen molar-refractivity contribution in [2.45, 2.75) is 17.6 Å². The molecule has 0 amide bonds. The molecule has 0 bridgehead atoms. The van der Waals surface area contributed by atoms with Crippen LogP contribution in [0.3, 0.4) is 0 Å². The Morgan fingerprint density at radius 3 is 2.74 bits per heavy atom. The number of anilines is 1. The van der Waals surface area contributed by atoms with Crippen LogP contribution < -0.4 is 11.1 Å². The molecule has 1 saturated carbocycles. The van der Waals surface area contributed by atoms with Gasteiger partial charge in [-0.05, 0) is 31.2 Å². The molecule has 0 aromatic heterocycles. The van der Waals surface area contributed by atoms with E-state index >= 15 is 0 Å². The Morgan fingerprint density at radius 1 is 1.47 bits per heavy atom. The van der Waals surface area contributed by atoms with Crippen LogP contribution in [0.15, 0.2) is 23.2 Å². The van der Waals surface area contributed by atoms with E-state index in [9.17, 15) is 8.78 Å². The number of nitrogens with two attached hydrogens (primary N) is 1. The lowest BCUT2D eigenvalue weighted by atomic mass is 10.3. The Morgan fingerprint density at radius 2 is 2.16 bits per heavy atom. The van der Waals surface area contributed by atoms with E-state index in [0.717, 1.165) is 31.0 Å². The number of thioether (sulfide) groups is 1. The molecule has 0 atom stereocenters. The number of rotatable bonds is 4. The molecule has 0 heterocycles. The number of hydrogen-bond acceptors (Lipinski definition) is 2. The fourth-order valence-corrected chi connectivity index (χ4v) is 2.27. The van der Waals surface area contributed by atoms with Gasteiger partial charge in [0.25, 0.3) is 0 Å². The van der Waals surface area contributed by atoms with Crippen LogP contribution in [-0.2, 0) is 0 Å². The number of benzene rings is 1. The lowest BCUT2D eigenvalue weighted by Crippen LogP contribution is -2.25. The standard InChI is InChI=1S/C12H15F2N3S.HI/c1-18-12(4-5-12)7-16-11(15)17-10-6-8(13)2-3-9(10)14;/h2-3,6H,4-5,7H2,1H3,(H3,15,16,17);1H. The minimum atomic E-state index is -0.555. The van der Waals surface area contributed by atoms with Crippen LogP contribution in [0.2, 0.25) is 0 Å². The third-order valence-corrected chi connectivity index (χ3v) is 4.37. The molecule has 1 aliphatic rings. The molecule has 0 saturated heterocycles. The molecule has 0 unspecified atom stereocenters. The number of nitrogens with one attached hydrogen (secondary N) is 1. The van der Waals surface area contributed by atoms with Gasteiger partial charge in [0.05, 0.1) is 12.2 Å². The number of nitrogens with zero attached hydrogens (tertiary/aromatic N) is 1. The summed E-state index contributed by atoms with van der Waals surface area (Å²) in [6.45, 7) is 0.601. The summed E-state index contributed by atoms with van der Waals surface area (Å²) in [6, 6.07) is 3.16. The SMILES string of the molecule is CSC1(CN=C(N)Nc2cc(F)ccc2F)CC1.I. The average Bonchev–Trinajstić information content (AvgIpc) is 3.12. The van der Waals surface area contributed by atoms with Gasteiger partial charge >= 0.3 is 0 Å². The van der Waals surface area contributed by atoms with Crippen molar-refractivity contribution in [2.24, 2.45) is 10.7 Å². The van der Waals surface area contributed by atoms with Gasteiger partial charge in [0.2, 0.25) is 0 Å². The van der Waals surface area contributed by atoms with Gasteiger partial charge in [-0.15, -0.1) is 24.0 Å². The Hall–Kier alpha value is -0.570. The van der Waals surface area contributed by atoms with Gasteiger partial charge in [0.1, 0.15) is 11.6 Å². The molecule has 2 rings (SSSR count). The number of aliphatic imine (C=N–C) groups is 1. The molecule has 0 spiro atoms. The van der Waals surface area contributed by atoms with E-state index in [0.29, 0.717) is 6.54 Å². The number of halogens is 3. The van der Waals surface area contributed by atoms with Crippen molar-refractivity contribution >= 4 is 47.4 Å². The lowest BCUT2D eigenvalue weighted by molar-refractivity contribution is 0.604. The lowest BCUT2D eigenvalue weighted by Gasteiger charge is -2.10. The summed E-state index contributed by atoms with van der Waals surface area (Å²) < 4.78 is 26.5. The highest BCUT2D eigenvalue weighted by molar-refractivity contribution is 14.0. The van der Waals surface area contributed by atoms with Crippen molar-refractivity contribution in [2.75, 3.05) is 18.1 Å². The Labute approximate surface area is 132 Å². The zero-order valence-electron chi connectivity index (χ0n) is 10.5. The second kappa shape index (κ2) is 6.74. The van der Waals surface area contributed by atoms with E-state index in [-0.39, 0.29) is 40.4 Å². The topological polar surface area (TPSA) is 50.4 Å². The van der Waals surface area contributed by atoms with Crippen LogP contribution in [0.5, 0.6) is 0 Å². The number of hydrogen-bond donors (Lipinski definition) is 2. The third-order valence-electron chi connectivity index (χ3n) is 2.97. The Kier molecular flexibility index (Phi) is 5.84. The second-order valence-corrected chi connectivity index (χ2v) is 5.61. The molecular formula is C12H16F2IN3S. The van der Waals surface area contributed by atoms with Gasteiger partial charge in [0.15, 0.2) is 5.96 Å². The van der Waals surface area contributed by atoms with Crippen molar-refractivity contribution in [3.63, 3.8) is 0 Å². The second-order valence-electron chi connectivity index (χ2n) is 4.34. The minimum absolute atomic E-state index is 0. The van der Waals surface area contributed by atoms with E-state index < -0.39 is 11.6 Å². The fourth-order valence-electron chi connectivity index (χ4n) is 1.57. The normalized spacial score (nSPS) is 16.7. The molecule has 19 heavy (non-hydrogen) atoms. The molecule has 1 aromatic rings. The number of guanidine groups is 1. The Balaban J connectivity index is 0.00000180. The summed E-state index contributed by atoms with van der Waals surface area (Å²) in [5, 5.41) is 2.58. The molecule has 3 N–H and O–H groups in total. The van der Waals surface area contributed by atoms with Crippen molar-refractivity contribution in [1.82, 2.24) is 0 Å². The molecule has 106 valence electrons. The van der Waals surface area contributed by atoms with Gasteiger partial charge in [-0.25, -0.2) is 8.78 Å². The summed E-state index contributed by atoms with van der Waals surface area (Å²) in [7, 11) is 0. The molecule has 0 aliphatic heterocycles. The van der Waals surface area contributed by atoms with Crippen molar-refractivity contribution in [1.29, 1.82) is 0 Å². The van der Waals surface area contributed by atoms with E-state index in [1.54, 1.807) is 11.8 Å². The highest BCUT2D eigenvalue weighted by Gasteiger charge is 2.41. The first-order valence-corrected chi connectivity index (χ1v) is 6.84. The predicted octanol–water partition coefficient (Wildman–Crippen LogP) is 3.21. The zero-order valence-corrected chi connectivity index (χ0v) is 13.6. The van der Waals surface area contributed by atoms with E-state index in [1.807, 2.05) is 6.26 Å². The van der Waals surface area contributed by atoms with Crippen LogP contribution in [0, 0.1) is 11.6 Å². The highest BCUT2D eigenvalue weighted by Crippen LogP contribution is 2.47. The van der Waals surface area contributed by atoms with Crippen LogP contribution >= 0.6 is 35.7 Å².